The van der Waals surface area contributed by atoms with E-state index in [0.29, 0.717) is 36.1 Å². The highest BCUT2D eigenvalue weighted by atomic mass is 79.9. The van der Waals surface area contributed by atoms with Gasteiger partial charge in [0.05, 0.1) is 17.7 Å². The number of ether oxygens (including phenoxy) is 3. The average Bonchev–Trinajstić information content (AvgIpc) is 2.93. The molecule has 1 N–H and O–H groups in total. The number of anilines is 1. The molecular weight excluding hydrogens is 410 g/mol. The Kier molecular flexibility index (Phi) is 5.16. The van der Waals surface area contributed by atoms with Crippen LogP contribution in [0.2, 0.25) is 0 Å². The van der Waals surface area contributed by atoms with Crippen molar-refractivity contribution in [2.45, 2.75) is 6.42 Å². The minimum Gasteiger partial charge on any atom is -0.490 e. The van der Waals surface area contributed by atoms with Gasteiger partial charge >= 0.3 is 0 Å². The largest absolute Gasteiger partial charge is 0.490 e. The maximum absolute atomic E-state index is 12.3. The Morgan fingerprint density at radius 2 is 1.85 bits per heavy atom. The number of nitrogens with one attached hydrogen (secondary N) is 1. The van der Waals surface area contributed by atoms with Crippen LogP contribution < -0.4 is 19.5 Å². The fraction of sp³-hybridized carbons (Fsp3) is 0.190. The van der Waals surface area contributed by atoms with Crippen LogP contribution in [0.4, 0.5) is 5.69 Å². The van der Waals surface area contributed by atoms with E-state index >= 15 is 0 Å². The molecule has 1 aliphatic rings. The molecule has 4 rings (SSSR count). The molecule has 0 radical (unpaired) electrons. The Bertz CT molecular complexity index is 989. The lowest BCUT2D eigenvalue weighted by Gasteiger charge is -2.12. The Morgan fingerprint density at radius 1 is 1.04 bits per heavy atom. The van der Waals surface area contributed by atoms with Gasteiger partial charge in [-0.25, -0.2) is 0 Å². The van der Waals surface area contributed by atoms with Crippen LogP contribution in [0.25, 0.3) is 10.8 Å². The second-order valence-corrected chi connectivity index (χ2v) is 6.94. The zero-order valence-corrected chi connectivity index (χ0v) is 16.1. The molecule has 0 aromatic heterocycles. The van der Waals surface area contributed by atoms with Crippen LogP contribution in [-0.4, -0.2) is 25.7 Å². The number of hydrogen-bond acceptors (Lipinski definition) is 4. The van der Waals surface area contributed by atoms with Crippen LogP contribution in [0.3, 0.4) is 0 Å². The molecule has 3 aromatic carbocycles. The summed E-state index contributed by atoms with van der Waals surface area (Å²) in [6.07, 6.45) is 0.838. The molecule has 1 heterocycles. The van der Waals surface area contributed by atoms with Gasteiger partial charge < -0.3 is 19.5 Å². The van der Waals surface area contributed by atoms with Gasteiger partial charge in [0.2, 0.25) is 0 Å². The Labute approximate surface area is 165 Å². The number of halogens is 1. The van der Waals surface area contributed by atoms with E-state index < -0.39 is 0 Å². The summed E-state index contributed by atoms with van der Waals surface area (Å²) < 4.78 is 17.8. The highest BCUT2D eigenvalue weighted by Crippen LogP contribution is 2.34. The molecule has 0 aliphatic carbocycles. The normalized spacial score (nSPS) is 13.1. The van der Waals surface area contributed by atoms with Gasteiger partial charge in [-0.15, -0.1) is 0 Å². The third-order valence-corrected chi connectivity index (χ3v) is 5.04. The quantitative estimate of drug-likeness (QED) is 0.650. The van der Waals surface area contributed by atoms with Crippen molar-refractivity contribution >= 4 is 38.3 Å². The molecule has 6 heteroatoms. The molecule has 27 heavy (non-hydrogen) atoms. The third-order valence-electron chi connectivity index (χ3n) is 4.22. The summed E-state index contributed by atoms with van der Waals surface area (Å²) in [5.74, 6) is 1.72. The van der Waals surface area contributed by atoms with Gasteiger partial charge in [-0.2, -0.15) is 0 Å². The maximum atomic E-state index is 12.3. The first-order valence-electron chi connectivity index (χ1n) is 8.70. The molecule has 0 fully saturated rings. The summed E-state index contributed by atoms with van der Waals surface area (Å²) in [6.45, 7) is 1.14. The maximum Gasteiger partial charge on any atom is 0.262 e. The van der Waals surface area contributed by atoms with Crippen molar-refractivity contribution in [3.8, 4) is 17.2 Å². The van der Waals surface area contributed by atoms with Crippen LogP contribution >= 0.6 is 15.9 Å². The molecule has 5 nitrogen and oxygen atoms in total. The Morgan fingerprint density at radius 3 is 2.74 bits per heavy atom. The predicted molar refractivity (Wildman–Crippen MR) is 108 cm³/mol. The number of carbonyl (C=O) groups excluding carboxylic acids is 1. The second kappa shape index (κ2) is 7.88. The van der Waals surface area contributed by atoms with Crippen LogP contribution in [0, 0.1) is 0 Å². The fourth-order valence-corrected chi connectivity index (χ4v) is 3.51. The Balaban J connectivity index is 1.41. The zero-order chi connectivity index (χ0) is 18.6. The average molecular weight is 428 g/mol. The number of fused-ring (bicyclic) bond motifs is 2. The molecule has 0 unspecified atom stereocenters. The number of amides is 1. The van der Waals surface area contributed by atoms with Crippen molar-refractivity contribution in [1.29, 1.82) is 0 Å². The van der Waals surface area contributed by atoms with E-state index in [1.165, 1.54) is 0 Å². The SMILES string of the molecule is O=C(COc1ccc2ccccc2c1Br)Nc1ccc2c(c1)OCCCO2. The topological polar surface area (TPSA) is 56.8 Å². The van der Waals surface area contributed by atoms with Crippen LogP contribution in [-0.2, 0) is 4.79 Å². The summed E-state index contributed by atoms with van der Waals surface area (Å²) in [6, 6.07) is 17.2. The lowest BCUT2D eigenvalue weighted by Crippen LogP contribution is -2.20. The van der Waals surface area contributed by atoms with Gasteiger partial charge in [0.1, 0.15) is 5.75 Å². The van der Waals surface area contributed by atoms with E-state index in [1.54, 1.807) is 18.2 Å². The first-order valence-corrected chi connectivity index (χ1v) is 9.49. The minimum atomic E-state index is -0.246. The first kappa shape index (κ1) is 17.7. The van der Waals surface area contributed by atoms with E-state index in [4.69, 9.17) is 14.2 Å². The van der Waals surface area contributed by atoms with Crippen molar-refractivity contribution in [2.24, 2.45) is 0 Å². The lowest BCUT2D eigenvalue weighted by molar-refractivity contribution is -0.118. The van der Waals surface area contributed by atoms with Crippen molar-refractivity contribution in [3.63, 3.8) is 0 Å². The lowest BCUT2D eigenvalue weighted by atomic mass is 10.1. The monoisotopic (exact) mass is 427 g/mol. The molecule has 0 saturated carbocycles. The standard InChI is InChI=1S/C21H18BrNO4/c22-21-16-5-2-1-4-14(16)6-8-18(21)27-13-20(24)23-15-7-9-17-19(12-15)26-11-3-10-25-17/h1-2,4-9,12H,3,10-11,13H2,(H,23,24). The number of hydrogen-bond donors (Lipinski definition) is 1. The molecule has 1 amide bonds. The molecule has 0 saturated heterocycles. The number of rotatable bonds is 4. The molecular formula is C21H18BrNO4. The van der Waals surface area contributed by atoms with Crippen LogP contribution in [0.15, 0.2) is 59.1 Å². The van der Waals surface area contributed by atoms with Gasteiger partial charge in [0, 0.05) is 18.2 Å². The van der Waals surface area contributed by atoms with Gasteiger partial charge in [0.15, 0.2) is 18.1 Å². The number of carbonyl (C=O) groups is 1. The molecule has 1 aliphatic heterocycles. The van der Waals surface area contributed by atoms with E-state index in [9.17, 15) is 4.79 Å². The molecule has 0 spiro atoms. The molecule has 0 atom stereocenters. The van der Waals surface area contributed by atoms with E-state index in [2.05, 4.69) is 21.2 Å². The van der Waals surface area contributed by atoms with Crippen LogP contribution in [0.5, 0.6) is 17.2 Å². The smallest absolute Gasteiger partial charge is 0.262 e. The summed E-state index contributed by atoms with van der Waals surface area (Å²) >= 11 is 3.56. The van der Waals surface area contributed by atoms with E-state index in [-0.39, 0.29) is 12.5 Å². The summed E-state index contributed by atoms with van der Waals surface area (Å²) in [4.78, 5) is 12.3. The summed E-state index contributed by atoms with van der Waals surface area (Å²) in [7, 11) is 0. The fourth-order valence-electron chi connectivity index (χ4n) is 2.91. The molecule has 0 bridgehead atoms. The zero-order valence-electron chi connectivity index (χ0n) is 14.5. The molecule has 3 aromatic rings. The highest BCUT2D eigenvalue weighted by molar-refractivity contribution is 9.10. The van der Waals surface area contributed by atoms with Crippen molar-refractivity contribution in [2.75, 3.05) is 25.1 Å². The van der Waals surface area contributed by atoms with Gasteiger partial charge in [0.25, 0.3) is 5.91 Å². The van der Waals surface area contributed by atoms with Crippen LogP contribution in [0.1, 0.15) is 6.42 Å². The number of benzene rings is 3. The molecule has 138 valence electrons. The van der Waals surface area contributed by atoms with Crippen molar-refractivity contribution in [3.05, 3.63) is 59.1 Å². The van der Waals surface area contributed by atoms with Gasteiger partial charge in [-0.1, -0.05) is 30.3 Å². The van der Waals surface area contributed by atoms with E-state index in [1.807, 2.05) is 36.4 Å². The van der Waals surface area contributed by atoms with Crippen molar-refractivity contribution < 1.29 is 19.0 Å². The predicted octanol–water partition coefficient (Wildman–Crippen LogP) is 4.78. The minimum absolute atomic E-state index is 0.0919. The van der Waals surface area contributed by atoms with Gasteiger partial charge in [-0.05, 0) is 44.9 Å². The second-order valence-electron chi connectivity index (χ2n) is 6.15. The summed E-state index contributed by atoms with van der Waals surface area (Å²) in [5, 5.41) is 4.97. The highest BCUT2D eigenvalue weighted by Gasteiger charge is 2.13. The van der Waals surface area contributed by atoms with Crippen molar-refractivity contribution in [1.82, 2.24) is 0 Å². The first-order chi connectivity index (χ1) is 13.2. The summed E-state index contributed by atoms with van der Waals surface area (Å²) in [5.41, 5.74) is 0.644. The van der Waals surface area contributed by atoms with Gasteiger partial charge in [-0.3, -0.25) is 4.79 Å². The Hall–Kier alpha value is -2.73. The van der Waals surface area contributed by atoms with E-state index in [0.717, 1.165) is 21.7 Å². The third kappa shape index (κ3) is 4.01.